The van der Waals surface area contributed by atoms with Crippen LogP contribution in [0.4, 0.5) is 5.69 Å². The van der Waals surface area contributed by atoms with Crippen LogP contribution in [0.2, 0.25) is 0 Å². The van der Waals surface area contributed by atoms with Gasteiger partial charge in [-0.05, 0) is 43.9 Å². The van der Waals surface area contributed by atoms with E-state index in [1.54, 1.807) is 6.92 Å². The molecule has 1 atom stereocenters. The van der Waals surface area contributed by atoms with Crippen LogP contribution in [0.25, 0.3) is 0 Å². The van der Waals surface area contributed by atoms with Gasteiger partial charge in [0.15, 0.2) is 0 Å². The maximum Gasteiger partial charge on any atom is 0.220 e. The standard InChI is InChI=1S/C14H22N2O2/c1-11(17)4-3-9-16-14(18)8-7-12-5-2-6-13(15)10-12/h2,5-6,10-11,17H,3-4,7-9,15H2,1H3,(H,16,18). The number of anilines is 1. The van der Waals surface area contributed by atoms with E-state index >= 15 is 0 Å². The monoisotopic (exact) mass is 250 g/mol. The molecule has 100 valence electrons. The van der Waals surface area contributed by atoms with Crippen LogP contribution in [0.15, 0.2) is 24.3 Å². The molecule has 0 aliphatic heterocycles. The number of nitrogens with one attached hydrogen (secondary N) is 1. The molecule has 1 aromatic rings. The highest BCUT2D eigenvalue weighted by Crippen LogP contribution is 2.08. The first-order valence-corrected chi connectivity index (χ1v) is 6.37. The summed E-state index contributed by atoms with van der Waals surface area (Å²) in [5.41, 5.74) is 7.47. The Morgan fingerprint density at radius 1 is 1.50 bits per heavy atom. The van der Waals surface area contributed by atoms with Gasteiger partial charge < -0.3 is 16.2 Å². The highest BCUT2D eigenvalue weighted by molar-refractivity contribution is 5.76. The van der Waals surface area contributed by atoms with Gasteiger partial charge in [-0.25, -0.2) is 0 Å². The fourth-order valence-electron chi connectivity index (χ4n) is 1.72. The van der Waals surface area contributed by atoms with Gasteiger partial charge in [0.25, 0.3) is 0 Å². The number of aliphatic hydroxyl groups is 1. The molecule has 0 heterocycles. The van der Waals surface area contributed by atoms with E-state index in [4.69, 9.17) is 10.8 Å². The summed E-state index contributed by atoms with van der Waals surface area (Å²) < 4.78 is 0. The number of hydrogen-bond acceptors (Lipinski definition) is 3. The summed E-state index contributed by atoms with van der Waals surface area (Å²) in [5, 5.41) is 11.9. The molecule has 4 heteroatoms. The van der Waals surface area contributed by atoms with Crippen LogP contribution in [0.3, 0.4) is 0 Å². The van der Waals surface area contributed by atoms with Gasteiger partial charge in [0.2, 0.25) is 5.91 Å². The molecule has 0 saturated carbocycles. The van der Waals surface area contributed by atoms with Crippen molar-refractivity contribution in [3.63, 3.8) is 0 Å². The number of aliphatic hydroxyl groups excluding tert-OH is 1. The minimum atomic E-state index is -0.297. The van der Waals surface area contributed by atoms with E-state index in [9.17, 15) is 4.79 Å². The van der Waals surface area contributed by atoms with Crippen molar-refractivity contribution in [2.24, 2.45) is 0 Å². The van der Waals surface area contributed by atoms with Crippen LogP contribution >= 0.6 is 0 Å². The summed E-state index contributed by atoms with van der Waals surface area (Å²) in [7, 11) is 0. The zero-order valence-electron chi connectivity index (χ0n) is 10.9. The van der Waals surface area contributed by atoms with Crippen LogP contribution < -0.4 is 11.1 Å². The second kappa shape index (κ2) is 7.71. The number of carbonyl (C=O) groups excluding carboxylic acids is 1. The van der Waals surface area contributed by atoms with Crippen molar-refractivity contribution in [2.75, 3.05) is 12.3 Å². The van der Waals surface area contributed by atoms with Crippen LogP contribution in [0.5, 0.6) is 0 Å². The van der Waals surface area contributed by atoms with Crippen molar-refractivity contribution in [2.45, 2.75) is 38.7 Å². The largest absolute Gasteiger partial charge is 0.399 e. The molecule has 0 aliphatic rings. The molecule has 0 radical (unpaired) electrons. The highest BCUT2D eigenvalue weighted by Gasteiger charge is 2.02. The van der Waals surface area contributed by atoms with Gasteiger partial charge in [0.05, 0.1) is 6.10 Å². The van der Waals surface area contributed by atoms with Gasteiger partial charge in [-0.15, -0.1) is 0 Å². The third kappa shape index (κ3) is 6.25. The van der Waals surface area contributed by atoms with Gasteiger partial charge in [-0.2, -0.15) is 0 Å². The Morgan fingerprint density at radius 3 is 2.94 bits per heavy atom. The molecular weight excluding hydrogens is 228 g/mol. The predicted molar refractivity (Wildman–Crippen MR) is 73.1 cm³/mol. The smallest absolute Gasteiger partial charge is 0.220 e. The highest BCUT2D eigenvalue weighted by atomic mass is 16.3. The SMILES string of the molecule is CC(O)CCCNC(=O)CCc1cccc(N)c1. The molecule has 1 rings (SSSR count). The van der Waals surface area contributed by atoms with Crippen LogP contribution in [0.1, 0.15) is 31.7 Å². The lowest BCUT2D eigenvalue weighted by Gasteiger charge is -2.07. The second-order valence-corrected chi connectivity index (χ2v) is 4.59. The van der Waals surface area contributed by atoms with Crippen LogP contribution in [-0.2, 0) is 11.2 Å². The molecular formula is C14H22N2O2. The number of rotatable bonds is 7. The van der Waals surface area contributed by atoms with Crippen LogP contribution in [0, 0.1) is 0 Å². The molecule has 1 unspecified atom stereocenters. The molecule has 0 bridgehead atoms. The zero-order valence-corrected chi connectivity index (χ0v) is 10.9. The predicted octanol–water partition coefficient (Wildman–Crippen LogP) is 1.48. The van der Waals surface area contributed by atoms with Crippen molar-refractivity contribution in [1.82, 2.24) is 5.32 Å². The average Bonchev–Trinajstić information content (AvgIpc) is 2.32. The van der Waals surface area contributed by atoms with E-state index in [-0.39, 0.29) is 12.0 Å². The van der Waals surface area contributed by atoms with E-state index in [0.717, 1.165) is 24.1 Å². The van der Waals surface area contributed by atoms with E-state index < -0.39 is 0 Å². The third-order valence-corrected chi connectivity index (χ3v) is 2.71. The van der Waals surface area contributed by atoms with Crippen molar-refractivity contribution in [3.05, 3.63) is 29.8 Å². The molecule has 0 spiro atoms. The van der Waals surface area contributed by atoms with E-state index in [2.05, 4.69) is 5.32 Å². The fraction of sp³-hybridized carbons (Fsp3) is 0.500. The first-order valence-electron chi connectivity index (χ1n) is 6.37. The van der Waals surface area contributed by atoms with Gasteiger partial charge in [-0.3, -0.25) is 4.79 Å². The van der Waals surface area contributed by atoms with Crippen molar-refractivity contribution in [3.8, 4) is 0 Å². The van der Waals surface area contributed by atoms with E-state index in [0.29, 0.717) is 19.4 Å². The first-order chi connectivity index (χ1) is 8.58. The lowest BCUT2D eigenvalue weighted by atomic mass is 10.1. The molecule has 18 heavy (non-hydrogen) atoms. The maximum absolute atomic E-state index is 11.5. The molecule has 4 N–H and O–H groups in total. The molecule has 1 amide bonds. The number of aryl methyl sites for hydroxylation is 1. The molecule has 0 fully saturated rings. The van der Waals surface area contributed by atoms with Gasteiger partial charge in [0, 0.05) is 18.7 Å². The van der Waals surface area contributed by atoms with Crippen molar-refractivity contribution in [1.29, 1.82) is 0 Å². The summed E-state index contributed by atoms with van der Waals surface area (Å²) in [4.78, 5) is 11.5. The minimum Gasteiger partial charge on any atom is -0.399 e. The number of amides is 1. The van der Waals surface area contributed by atoms with Gasteiger partial charge in [0.1, 0.15) is 0 Å². The Hall–Kier alpha value is -1.55. The zero-order chi connectivity index (χ0) is 13.4. The molecule has 0 aromatic heterocycles. The first kappa shape index (κ1) is 14.5. The second-order valence-electron chi connectivity index (χ2n) is 4.59. The lowest BCUT2D eigenvalue weighted by molar-refractivity contribution is -0.121. The Balaban J connectivity index is 2.17. The molecule has 1 aromatic carbocycles. The summed E-state index contributed by atoms with van der Waals surface area (Å²) in [6, 6.07) is 7.59. The minimum absolute atomic E-state index is 0.0445. The Morgan fingerprint density at radius 2 is 2.28 bits per heavy atom. The summed E-state index contributed by atoms with van der Waals surface area (Å²) in [5.74, 6) is 0.0445. The van der Waals surface area contributed by atoms with E-state index in [1.165, 1.54) is 0 Å². The number of benzene rings is 1. The molecule has 0 saturated heterocycles. The van der Waals surface area contributed by atoms with Gasteiger partial charge >= 0.3 is 0 Å². The Bertz CT molecular complexity index is 378. The molecule has 0 aliphatic carbocycles. The lowest BCUT2D eigenvalue weighted by Crippen LogP contribution is -2.25. The topological polar surface area (TPSA) is 75.3 Å². The summed E-state index contributed by atoms with van der Waals surface area (Å²) >= 11 is 0. The quantitative estimate of drug-likeness (QED) is 0.507. The van der Waals surface area contributed by atoms with E-state index in [1.807, 2.05) is 24.3 Å². The maximum atomic E-state index is 11.5. The van der Waals surface area contributed by atoms with Gasteiger partial charge in [-0.1, -0.05) is 12.1 Å². The number of hydrogen-bond donors (Lipinski definition) is 3. The molecule has 4 nitrogen and oxygen atoms in total. The van der Waals surface area contributed by atoms with Crippen molar-refractivity contribution < 1.29 is 9.90 Å². The normalized spacial score (nSPS) is 12.1. The summed E-state index contributed by atoms with van der Waals surface area (Å²) in [6.07, 6.45) is 2.40. The average molecular weight is 250 g/mol. The third-order valence-electron chi connectivity index (χ3n) is 2.71. The number of nitrogens with two attached hydrogens (primary N) is 1. The Kier molecular flexibility index (Phi) is 6.22. The summed E-state index contributed by atoms with van der Waals surface area (Å²) in [6.45, 7) is 2.38. The van der Waals surface area contributed by atoms with Crippen molar-refractivity contribution >= 4 is 11.6 Å². The number of carbonyl (C=O) groups is 1. The van der Waals surface area contributed by atoms with Crippen LogP contribution in [-0.4, -0.2) is 23.7 Å². The fourth-order valence-corrected chi connectivity index (χ4v) is 1.72. The number of nitrogen functional groups attached to an aromatic ring is 1. The Labute approximate surface area is 108 Å².